The summed E-state index contributed by atoms with van der Waals surface area (Å²) in [6, 6.07) is 10.2. The Kier molecular flexibility index (Phi) is 3.95. The molecule has 0 amide bonds. The van der Waals surface area contributed by atoms with Crippen molar-refractivity contribution in [2.24, 2.45) is 0 Å². The minimum Gasteiger partial charge on any atom is -0.465 e. The highest BCUT2D eigenvalue weighted by Crippen LogP contribution is 2.41. The van der Waals surface area contributed by atoms with Crippen LogP contribution in [0.2, 0.25) is 0 Å². The normalized spacial score (nSPS) is 14.6. The second-order valence-corrected chi connectivity index (χ2v) is 7.20. The van der Waals surface area contributed by atoms with Crippen LogP contribution >= 0.6 is 11.3 Å². The fraction of sp³-hybridized carbons (Fsp3) is 0.111. The van der Waals surface area contributed by atoms with Gasteiger partial charge in [-0.15, -0.1) is 11.3 Å². The summed E-state index contributed by atoms with van der Waals surface area (Å²) in [5.41, 5.74) is 2.47. The summed E-state index contributed by atoms with van der Waals surface area (Å²) in [7, 11) is 1.33. The number of thiophene rings is 1. The average Bonchev–Trinajstić information content (AvgIpc) is 3.44. The third-order valence-corrected chi connectivity index (χ3v) is 5.55. The van der Waals surface area contributed by atoms with E-state index in [1.54, 1.807) is 28.9 Å². The van der Waals surface area contributed by atoms with Crippen molar-refractivity contribution in [3.05, 3.63) is 68.8 Å². The lowest BCUT2D eigenvalue weighted by atomic mass is 9.94. The molecule has 0 saturated heterocycles. The molecule has 5 rings (SSSR count). The fourth-order valence-electron chi connectivity index (χ4n) is 3.37. The van der Waals surface area contributed by atoms with E-state index in [-0.39, 0.29) is 5.56 Å². The molecule has 3 aromatic heterocycles. The first kappa shape index (κ1) is 17.3. The highest BCUT2D eigenvalue weighted by Gasteiger charge is 2.34. The number of aromatic nitrogens is 6. The molecule has 1 aromatic carbocycles. The lowest BCUT2D eigenvalue weighted by molar-refractivity contribution is 0.0600. The van der Waals surface area contributed by atoms with Gasteiger partial charge < -0.3 is 10.1 Å². The molecule has 0 fully saturated rings. The zero-order valence-electron chi connectivity index (χ0n) is 15.0. The zero-order chi connectivity index (χ0) is 20.0. The SMILES string of the molecule is COC(=O)c1ccc([C@@H]2c3c(-c4cccs4)n[nH]c(=O)c3Nc3nnnn32)cc1. The largest absolute Gasteiger partial charge is 0.465 e. The van der Waals surface area contributed by atoms with Crippen molar-refractivity contribution >= 4 is 28.9 Å². The van der Waals surface area contributed by atoms with Gasteiger partial charge >= 0.3 is 5.97 Å². The van der Waals surface area contributed by atoms with E-state index >= 15 is 0 Å². The van der Waals surface area contributed by atoms with Crippen molar-refractivity contribution in [2.45, 2.75) is 6.04 Å². The Bertz CT molecular complexity index is 1260. The van der Waals surface area contributed by atoms with Crippen molar-refractivity contribution < 1.29 is 9.53 Å². The van der Waals surface area contributed by atoms with Crippen molar-refractivity contribution in [1.82, 2.24) is 30.4 Å². The summed E-state index contributed by atoms with van der Waals surface area (Å²) in [5.74, 6) is -0.0869. The Hall–Kier alpha value is -3.86. The number of esters is 1. The number of anilines is 2. The number of nitrogens with one attached hydrogen (secondary N) is 2. The summed E-state index contributed by atoms with van der Waals surface area (Å²) in [4.78, 5) is 25.2. The van der Waals surface area contributed by atoms with E-state index in [4.69, 9.17) is 4.74 Å². The smallest absolute Gasteiger partial charge is 0.337 e. The Morgan fingerprint density at radius 2 is 2.07 bits per heavy atom. The van der Waals surface area contributed by atoms with E-state index in [0.717, 1.165) is 10.4 Å². The van der Waals surface area contributed by atoms with Gasteiger partial charge in [0.2, 0.25) is 5.95 Å². The Balaban J connectivity index is 1.74. The van der Waals surface area contributed by atoms with Gasteiger partial charge in [0, 0.05) is 5.56 Å². The summed E-state index contributed by atoms with van der Waals surface area (Å²) in [6.45, 7) is 0. The van der Waals surface area contributed by atoms with Crippen molar-refractivity contribution in [3.63, 3.8) is 0 Å². The zero-order valence-corrected chi connectivity index (χ0v) is 15.8. The molecule has 4 aromatic rings. The number of tetrazole rings is 1. The molecular weight excluding hydrogens is 394 g/mol. The minimum absolute atomic E-state index is 0.341. The van der Waals surface area contributed by atoms with E-state index in [1.165, 1.54) is 18.4 Å². The van der Waals surface area contributed by atoms with Gasteiger partial charge in [0.1, 0.15) is 17.4 Å². The number of fused-ring (bicyclic) bond motifs is 2. The highest BCUT2D eigenvalue weighted by atomic mass is 32.1. The number of hydrogen-bond acceptors (Lipinski definition) is 9. The Labute approximate surface area is 167 Å². The highest BCUT2D eigenvalue weighted by molar-refractivity contribution is 7.13. The van der Waals surface area contributed by atoms with Gasteiger partial charge in [0.15, 0.2) is 0 Å². The van der Waals surface area contributed by atoms with Crippen LogP contribution in [0.3, 0.4) is 0 Å². The molecule has 4 heterocycles. The molecule has 1 atom stereocenters. The molecule has 144 valence electrons. The number of benzene rings is 1. The number of rotatable bonds is 3. The molecule has 0 saturated carbocycles. The quantitative estimate of drug-likeness (QED) is 0.435. The number of ether oxygens (including phenoxy) is 1. The minimum atomic E-state index is -0.505. The number of aromatic amines is 1. The Morgan fingerprint density at radius 1 is 1.24 bits per heavy atom. The van der Waals surface area contributed by atoms with Crippen LogP contribution in [0.15, 0.2) is 46.6 Å². The lowest BCUT2D eigenvalue weighted by Gasteiger charge is -2.27. The van der Waals surface area contributed by atoms with Crippen LogP contribution in [-0.2, 0) is 4.74 Å². The average molecular weight is 407 g/mol. The van der Waals surface area contributed by atoms with Crippen LogP contribution in [0.4, 0.5) is 11.6 Å². The van der Waals surface area contributed by atoms with Gasteiger partial charge in [-0.25, -0.2) is 9.89 Å². The molecule has 1 aliphatic rings. The van der Waals surface area contributed by atoms with Crippen LogP contribution in [0.1, 0.15) is 27.5 Å². The maximum atomic E-state index is 12.6. The number of H-pyrrole nitrogens is 1. The van der Waals surface area contributed by atoms with Crippen LogP contribution in [0.25, 0.3) is 10.6 Å². The van der Waals surface area contributed by atoms with Crippen LogP contribution in [-0.4, -0.2) is 43.5 Å². The first-order valence-electron chi connectivity index (χ1n) is 8.57. The first-order valence-corrected chi connectivity index (χ1v) is 9.45. The maximum absolute atomic E-state index is 12.6. The van der Waals surface area contributed by atoms with E-state index < -0.39 is 12.0 Å². The summed E-state index contributed by atoms with van der Waals surface area (Å²) < 4.78 is 6.36. The molecule has 0 aliphatic carbocycles. The van der Waals surface area contributed by atoms with Gasteiger partial charge in [0.25, 0.3) is 5.56 Å². The third kappa shape index (κ3) is 2.70. The first-order chi connectivity index (χ1) is 14.2. The van der Waals surface area contributed by atoms with Gasteiger partial charge in [0.05, 0.1) is 17.6 Å². The van der Waals surface area contributed by atoms with E-state index in [9.17, 15) is 9.59 Å². The van der Waals surface area contributed by atoms with E-state index in [0.29, 0.717) is 28.5 Å². The second-order valence-electron chi connectivity index (χ2n) is 6.26. The molecule has 0 bridgehead atoms. The van der Waals surface area contributed by atoms with Crippen LogP contribution in [0.5, 0.6) is 0 Å². The molecule has 11 heteroatoms. The molecule has 29 heavy (non-hydrogen) atoms. The molecular formula is C18H13N7O3S. The number of methoxy groups -OCH3 is 1. The monoisotopic (exact) mass is 407 g/mol. The summed E-state index contributed by atoms with van der Waals surface area (Å²) >= 11 is 1.51. The van der Waals surface area contributed by atoms with Gasteiger partial charge in [-0.3, -0.25) is 4.79 Å². The van der Waals surface area contributed by atoms with Crippen LogP contribution in [0, 0.1) is 0 Å². The fourth-order valence-corrected chi connectivity index (χ4v) is 4.09. The van der Waals surface area contributed by atoms with Gasteiger partial charge in [-0.2, -0.15) is 9.78 Å². The molecule has 10 nitrogen and oxygen atoms in total. The molecule has 1 aliphatic heterocycles. The van der Waals surface area contributed by atoms with E-state index in [2.05, 4.69) is 31.0 Å². The lowest BCUT2D eigenvalue weighted by Crippen LogP contribution is -2.29. The summed E-state index contributed by atoms with van der Waals surface area (Å²) in [5, 5.41) is 23.6. The number of nitrogens with zero attached hydrogens (tertiary/aromatic N) is 5. The molecule has 0 radical (unpaired) electrons. The predicted octanol–water partition coefficient (Wildman–Crippen LogP) is 1.97. The maximum Gasteiger partial charge on any atom is 0.337 e. The number of carbonyl (C=O) groups excluding carboxylic acids is 1. The standard InChI is InChI=1S/C18H13N7O3S/c1-28-17(27)10-6-4-9(5-7-10)15-12-13(11-3-2-8-29-11)20-21-16(26)14(12)19-18-22-23-24-25(15)18/h2-8,15H,1H3,(H,21,26)(H,19,22,24)/t15-/m1/s1. The molecule has 0 spiro atoms. The van der Waals surface area contributed by atoms with E-state index in [1.807, 2.05) is 17.5 Å². The third-order valence-electron chi connectivity index (χ3n) is 4.67. The second kappa shape index (κ2) is 6.63. The summed E-state index contributed by atoms with van der Waals surface area (Å²) in [6.07, 6.45) is 0. The molecule has 2 N–H and O–H groups in total. The number of hydrogen-bond donors (Lipinski definition) is 2. The topological polar surface area (TPSA) is 128 Å². The van der Waals surface area contributed by atoms with Crippen molar-refractivity contribution in [2.75, 3.05) is 12.4 Å². The van der Waals surface area contributed by atoms with Crippen LogP contribution < -0.4 is 10.9 Å². The van der Waals surface area contributed by atoms with Gasteiger partial charge in [-0.1, -0.05) is 23.3 Å². The van der Waals surface area contributed by atoms with Crippen molar-refractivity contribution in [1.29, 1.82) is 0 Å². The Morgan fingerprint density at radius 3 is 2.79 bits per heavy atom. The van der Waals surface area contributed by atoms with Crippen molar-refractivity contribution in [3.8, 4) is 10.6 Å². The predicted molar refractivity (Wildman–Crippen MR) is 104 cm³/mol. The molecule has 0 unspecified atom stereocenters. The van der Waals surface area contributed by atoms with Gasteiger partial charge in [-0.05, 0) is 39.6 Å². The number of carbonyl (C=O) groups is 1.